The van der Waals surface area contributed by atoms with Crippen LogP contribution in [0.25, 0.3) is 11.0 Å². The summed E-state index contributed by atoms with van der Waals surface area (Å²) in [6.07, 6.45) is 3.81. The molecule has 0 unspecified atom stereocenters. The summed E-state index contributed by atoms with van der Waals surface area (Å²) in [4.78, 5) is 21.8. The van der Waals surface area contributed by atoms with Gasteiger partial charge in [-0.05, 0) is 24.5 Å². The minimum absolute atomic E-state index is 0.0756. The third-order valence-corrected chi connectivity index (χ3v) is 2.97. The number of aryl methyl sites for hydroxylation is 1. The van der Waals surface area contributed by atoms with Gasteiger partial charge in [0.1, 0.15) is 11.9 Å². The smallest absolute Gasteiger partial charge is 0.372 e. The number of carbonyl (C=O) groups excluding carboxylic acids is 1. The van der Waals surface area contributed by atoms with Crippen molar-refractivity contribution >= 4 is 23.2 Å². The summed E-state index contributed by atoms with van der Waals surface area (Å²) in [7, 11) is 0. The molecule has 1 aromatic heterocycles. The summed E-state index contributed by atoms with van der Waals surface area (Å²) in [5.74, 6) is -1.19. The molecule has 0 atom stereocenters. The molecule has 0 fully saturated rings. The Hall–Kier alpha value is -2.36. The second-order valence-electron chi connectivity index (χ2n) is 4.20. The number of fused-ring (bicyclic) bond motifs is 1. The molecule has 0 saturated heterocycles. The van der Waals surface area contributed by atoms with Crippen LogP contribution in [0.1, 0.15) is 28.1 Å². The fourth-order valence-corrected chi connectivity index (χ4v) is 2.23. The van der Waals surface area contributed by atoms with Gasteiger partial charge in [0.05, 0.1) is 0 Å². The van der Waals surface area contributed by atoms with Crippen LogP contribution >= 0.6 is 0 Å². The summed E-state index contributed by atoms with van der Waals surface area (Å²) < 4.78 is 5.39. The van der Waals surface area contributed by atoms with E-state index >= 15 is 0 Å². The Bertz CT molecular complexity index is 637. The maximum absolute atomic E-state index is 11.2. The molecule has 1 heterocycles. The van der Waals surface area contributed by atoms with Crippen LogP contribution < -0.4 is 0 Å². The predicted octanol–water partition coefficient (Wildman–Crippen LogP) is 2.99. The van der Waals surface area contributed by atoms with Crippen molar-refractivity contribution in [2.24, 2.45) is 0 Å². The fourth-order valence-electron chi connectivity index (χ4n) is 2.23. The Kier molecular flexibility index (Phi) is 3.80. The number of carboxylic acid groups (broad SMARTS) is 1. The van der Waals surface area contributed by atoms with Crippen molar-refractivity contribution in [2.75, 3.05) is 0 Å². The highest BCUT2D eigenvalue weighted by atomic mass is 16.4. The number of aldehydes is 1. The highest BCUT2D eigenvalue weighted by Crippen LogP contribution is 2.30. The monoisotopic (exact) mass is 258 g/mol. The normalized spacial score (nSPS) is 10.5. The van der Waals surface area contributed by atoms with Crippen LogP contribution in [-0.4, -0.2) is 17.4 Å². The SMILES string of the molecule is C=CCc1cccc2oc(C(=O)O)c(CCC=O)c12. The second kappa shape index (κ2) is 5.52. The lowest BCUT2D eigenvalue weighted by Crippen LogP contribution is -2.00. The lowest BCUT2D eigenvalue weighted by molar-refractivity contribution is -0.107. The molecule has 1 N–H and O–H groups in total. The molecule has 0 spiro atoms. The quantitative estimate of drug-likeness (QED) is 0.639. The van der Waals surface area contributed by atoms with E-state index in [0.717, 1.165) is 17.2 Å². The molecule has 0 saturated carbocycles. The van der Waals surface area contributed by atoms with E-state index < -0.39 is 5.97 Å². The van der Waals surface area contributed by atoms with Gasteiger partial charge in [-0.25, -0.2) is 4.79 Å². The van der Waals surface area contributed by atoms with Gasteiger partial charge >= 0.3 is 5.97 Å². The molecule has 4 nitrogen and oxygen atoms in total. The van der Waals surface area contributed by atoms with E-state index in [0.29, 0.717) is 24.0 Å². The van der Waals surface area contributed by atoms with Crippen molar-refractivity contribution < 1.29 is 19.1 Å². The van der Waals surface area contributed by atoms with Crippen molar-refractivity contribution in [3.8, 4) is 0 Å². The zero-order chi connectivity index (χ0) is 13.8. The van der Waals surface area contributed by atoms with Crippen LogP contribution in [0.3, 0.4) is 0 Å². The van der Waals surface area contributed by atoms with Crippen LogP contribution in [0.4, 0.5) is 0 Å². The van der Waals surface area contributed by atoms with Crippen LogP contribution in [-0.2, 0) is 17.6 Å². The number of rotatable bonds is 6. The van der Waals surface area contributed by atoms with Gasteiger partial charge in [-0.3, -0.25) is 0 Å². The Labute approximate surface area is 110 Å². The second-order valence-corrected chi connectivity index (χ2v) is 4.20. The van der Waals surface area contributed by atoms with Crippen molar-refractivity contribution in [3.63, 3.8) is 0 Å². The highest BCUT2D eigenvalue weighted by molar-refractivity contribution is 5.96. The van der Waals surface area contributed by atoms with E-state index in [1.165, 1.54) is 0 Å². The Balaban J connectivity index is 2.68. The summed E-state index contributed by atoms with van der Waals surface area (Å²) >= 11 is 0. The average Bonchev–Trinajstić information content (AvgIpc) is 2.76. The van der Waals surface area contributed by atoms with Gasteiger partial charge in [-0.1, -0.05) is 18.2 Å². The van der Waals surface area contributed by atoms with Gasteiger partial charge in [0.25, 0.3) is 0 Å². The number of allylic oxidation sites excluding steroid dienone is 1. The van der Waals surface area contributed by atoms with Crippen LogP contribution in [0.2, 0.25) is 0 Å². The van der Waals surface area contributed by atoms with Crippen molar-refractivity contribution in [2.45, 2.75) is 19.3 Å². The largest absolute Gasteiger partial charge is 0.475 e. The first-order valence-electron chi connectivity index (χ1n) is 6.00. The van der Waals surface area contributed by atoms with E-state index in [1.807, 2.05) is 12.1 Å². The number of benzene rings is 1. The first kappa shape index (κ1) is 13.1. The average molecular weight is 258 g/mol. The number of hydrogen-bond donors (Lipinski definition) is 1. The van der Waals surface area contributed by atoms with Gasteiger partial charge in [-0.15, -0.1) is 6.58 Å². The zero-order valence-electron chi connectivity index (χ0n) is 10.4. The summed E-state index contributed by atoms with van der Waals surface area (Å²) in [5, 5.41) is 9.98. The Morgan fingerprint density at radius 1 is 1.42 bits per heavy atom. The van der Waals surface area contributed by atoms with E-state index in [-0.39, 0.29) is 12.2 Å². The van der Waals surface area contributed by atoms with Crippen molar-refractivity contribution in [1.82, 2.24) is 0 Å². The third kappa shape index (κ3) is 2.42. The molecule has 4 heteroatoms. The summed E-state index contributed by atoms with van der Waals surface area (Å²) in [6.45, 7) is 3.69. The van der Waals surface area contributed by atoms with E-state index in [2.05, 4.69) is 6.58 Å². The van der Waals surface area contributed by atoms with Crippen molar-refractivity contribution in [3.05, 3.63) is 47.7 Å². The number of hydrogen-bond acceptors (Lipinski definition) is 3. The van der Waals surface area contributed by atoms with Gasteiger partial charge in [0, 0.05) is 17.4 Å². The number of carboxylic acids is 1. The maximum Gasteiger partial charge on any atom is 0.372 e. The Morgan fingerprint density at radius 2 is 2.21 bits per heavy atom. The van der Waals surface area contributed by atoms with Crippen molar-refractivity contribution in [1.29, 1.82) is 0 Å². The van der Waals surface area contributed by atoms with Gasteiger partial charge < -0.3 is 14.3 Å². The zero-order valence-corrected chi connectivity index (χ0v) is 10.4. The molecule has 0 aliphatic heterocycles. The topological polar surface area (TPSA) is 67.5 Å². The maximum atomic E-state index is 11.2. The molecule has 2 rings (SSSR count). The molecule has 98 valence electrons. The molecule has 2 aromatic rings. The predicted molar refractivity (Wildman–Crippen MR) is 71.5 cm³/mol. The molecule has 0 bridgehead atoms. The van der Waals surface area contributed by atoms with E-state index in [1.54, 1.807) is 12.1 Å². The molecule has 0 amide bonds. The third-order valence-electron chi connectivity index (χ3n) is 2.97. The number of carbonyl (C=O) groups is 2. The van der Waals surface area contributed by atoms with Gasteiger partial charge in [0.15, 0.2) is 0 Å². The Morgan fingerprint density at radius 3 is 2.84 bits per heavy atom. The fraction of sp³-hybridized carbons (Fsp3) is 0.200. The van der Waals surface area contributed by atoms with Crippen LogP contribution in [0, 0.1) is 0 Å². The molecule has 0 aliphatic carbocycles. The number of furan rings is 1. The van der Waals surface area contributed by atoms with Crippen LogP contribution in [0.5, 0.6) is 0 Å². The molecule has 0 aliphatic rings. The first-order valence-corrected chi connectivity index (χ1v) is 6.00. The first-order chi connectivity index (χ1) is 9.19. The molecular formula is C15H14O4. The van der Waals surface area contributed by atoms with Gasteiger partial charge in [-0.2, -0.15) is 0 Å². The molecule has 1 aromatic carbocycles. The molecule has 0 radical (unpaired) electrons. The summed E-state index contributed by atoms with van der Waals surface area (Å²) in [6, 6.07) is 5.47. The molecular weight excluding hydrogens is 244 g/mol. The lowest BCUT2D eigenvalue weighted by Gasteiger charge is -2.02. The van der Waals surface area contributed by atoms with Crippen LogP contribution in [0.15, 0.2) is 35.3 Å². The van der Waals surface area contributed by atoms with Gasteiger partial charge in [0.2, 0.25) is 5.76 Å². The summed E-state index contributed by atoms with van der Waals surface area (Å²) in [5.41, 5.74) is 2.09. The minimum Gasteiger partial charge on any atom is -0.475 e. The highest BCUT2D eigenvalue weighted by Gasteiger charge is 2.21. The van der Waals surface area contributed by atoms with E-state index in [9.17, 15) is 14.7 Å². The molecule has 19 heavy (non-hydrogen) atoms. The minimum atomic E-state index is -1.11. The van der Waals surface area contributed by atoms with E-state index in [4.69, 9.17) is 4.42 Å². The standard InChI is InChI=1S/C15H14O4/c1-2-5-10-6-3-8-12-13(10)11(7-4-9-16)14(19-12)15(17)18/h2-3,6,8-9H,1,4-5,7H2,(H,17,18). The lowest BCUT2D eigenvalue weighted by atomic mass is 9.99. The number of aromatic carboxylic acids is 1.